The second-order valence-corrected chi connectivity index (χ2v) is 6.94. The highest BCUT2D eigenvalue weighted by molar-refractivity contribution is 7.90. The third-order valence-electron chi connectivity index (χ3n) is 2.14. The zero-order chi connectivity index (χ0) is 12.2. The average Bonchev–Trinajstić information content (AvgIpc) is 2.71. The molecule has 4 nitrogen and oxygen atoms in total. The van der Waals surface area contributed by atoms with E-state index in [0.29, 0.717) is 6.54 Å². The quantitative estimate of drug-likeness (QED) is 0.804. The molecule has 1 unspecified atom stereocenters. The average molecular weight is 283 g/mol. The van der Waals surface area contributed by atoms with Crippen LogP contribution in [0.25, 0.3) is 0 Å². The summed E-state index contributed by atoms with van der Waals surface area (Å²) in [5.41, 5.74) is 0. The zero-order valence-corrected chi connectivity index (χ0v) is 11.6. The Hall–Kier alpha value is -0.140. The van der Waals surface area contributed by atoms with Gasteiger partial charge in [-0.1, -0.05) is 6.07 Å². The number of thiophene rings is 1. The van der Waals surface area contributed by atoms with Crippen LogP contribution in [-0.2, 0) is 10.0 Å². The van der Waals surface area contributed by atoms with Gasteiger partial charge in [-0.3, -0.25) is 0 Å². The van der Waals surface area contributed by atoms with Crippen molar-refractivity contribution in [3.63, 3.8) is 0 Å². The molecule has 1 aromatic rings. The molecule has 0 bridgehead atoms. The third-order valence-corrected chi connectivity index (χ3v) is 4.86. The predicted molar refractivity (Wildman–Crippen MR) is 68.4 cm³/mol. The van der Waals surface area contributed by atoms with Gasteiger partial charge < -0.3 is 4.90 Å². The lowest BCUT2D eigenvalue weighted by Gasteiger charge is -2.23. The first-order valence-electron chi connectivity index (χ1n) is 4.69. The van der Waals surface area contributed by atoms with Gasteiger partial charge in [-0.05, 0) is 25.5 Å². The number of halogens is 1. The fraction of sp³-hybridized carbons (Fsp3) is 0.556. The zero-order valence-electron chi connectivity index (χ0n) is 9.18. The fourth-order valence-electron chi connectivity index (χ4n) is 1.26. The van der Waals surface area contributed by atoms with E-state index < -0.39 is 15.2 Å². The maximum atomic E-state index is 11.2. The fourth-order valence-corrected chi connectivity index (χ4v) is 2.91. The molecule has 0 radical (unpaired) electrons. The highest BCUT2D eigenvalue weighted by Gasteiger charge is 2.18. The molecule has 0 aromatic carbocycles. The van der Waals surface area contributed by atoms with Crippen LogP contribution >= 0.6 is 22.9 Å². The first kappa shape index (κ1) is 13.9. The number of nitrogens with one attached hydrogen (secondary N) is 1. The lowest BCUT2D eigenvalue weighted by atomic mass is 10.2. The normalized spacial score (nSPS) is 14.2. The molecule has 1 heterocycles. The minimum atomic E-state index is -3.35. The van der Waals surface area contributed by atoms with Crippen LogP contribution in [0.5, 0.6) is 0 Å². The Morgan fingerprint density at radius 1 is 1.56 bits per heavy atom. The minimum absolute atomic E-state index is 0.0398. The van der Waals surface area contributed by atoms with E-state index in [1.54, 1.807) is 11.3 Å². The molecular formula is C9H15ClN2O2S2. The van der Waals surface area contributed by atoms with Crippen molar-refractivity contribution in [1.82, 2.24) is 9.62 Å². The molecule has 0 amide bonds. The van der Waals surface area contributed by atoms with E-state index in [0.717, 1.165) is 4.88 Å². The van der Waals surface area contributed by atoms with Crippen LogP contribution in [-0.4, -0.2) is 39.2 Å². The number of likely N-dealkylation sites (N-methyl/N-ethyl adjacent to an activating group) is 1. The van der Waals surface area contributed by atoms with Gasteiger partial charge in [0.15, 0.2) is 0 Å². The van der Waals surface area contributed by atoms with Gasteiger partial charge >= 0.3 is 0 Å². The molecule has 0 saturated heterocycles. The van der Waals surface area contributed by atoms with Gasteiger partial charge in [0, 0.05) is 11.4 Å². The first-order chi connectivity index (χ1) is 7.46. The molecular weight excluding hydrogens is 268 g/mol. The monoisotopic (exact) mass is 282 g/mol. The van der Waals surface area contributed by atoms with Crippen molar-refractivity contribution in [3.05, 3.63) is 22.4 Å². The van der Waals surface area contributed by atoms with Crippen LogP contribution in [0.2, 0.25) is 0 Å². The maximum Gasteiger partial charge on any atom is 0.225 e. The van der Waals surface area contributed by atoms with Crippen LogP contribution < -0.4 is 4.72 Å². The molecule has 1 N–H and O–H groups in total. The van der Waals surface area contributed by atoms with Gasteiger partial charge in [-0.2, -0.15) is 0 Å². The van der Waals surface area contributed by atoms with Crippen molar-refractivity contribution < 1.29 is 8.42 Å². The first-order valence-corrected chi connectivity index (χ1v) is 7.76. The van der Waals surface area contributed by atoms with E-state index in [4.69, 9.17) is 11.6 Å². The molecule has 0 saturated carbocycles. The highest BCUT2D eigenvalue weighted by atomic mass is 35.5. The molecule has 0 aliphatic carbocycles. The summed E-state index contributed by atoms with van der Waals surface area (Å²) < 4.78 is 25.0. The number of rotatable bonds is 6. The molecule has 92 valence electrons. The largest absolute Gasteiger partial charge is 0.300 e. The smallest absolute Gasteiger partial charge is 0.225 e. The van der Waals surface area contributed by atoms with Crippen LogP contribution in [0, 0.1) is 0 Å². The van der Waals surface area contributed by atoms with Gasteiger partial charge in [0.25, 0.3) is 0 Å². The topological polar surface area (TPSA) is 49.4 Å². The molecule has 16 heavy (non-hydrogen) atoms. The lowest BCUT2D eigenvalue weighted by molar-refractivity contribution is 0.304. The van der Waals surface area contributed by atoms with E-state index in [1.807, 2.05) is 36.5 Å². The van der Waals surface area contributed by atoms with Gasteiger partial charge in [0.05, 0.1) is 6.04 Å². The minimum Gasteiger partial charge on any atom is -0.300 e. The van der Waals surface area contributed by atoms with E-state index in [-0.39, 0.29) is 6.04 Å². The number of nitrogens with zero attached hydrogens (tertiary/aromatic N) is 1. The molecule has 1 rings (SSSR count). The number of alkyl halides is 1. The Kier molecular flexibility index (Phi) is 5.20. The Bertz CT molecular complexity index is 403. The molecule has 1 atom stereocenters. The summed E-state index contributed by atoms with van der Waals surface area (Å²) in [7, 11) is 0.486. The van der Waals surface area contributed by atoms with Crippen LogP contribution in [0.3, 0.4) is 0 Å². The summed E-state index contributed by atoms with van der Waals surface area (Å²) >= 11 is 6.93. The maximum absolute atomic E-state index is 11.2. The van der Waals surface area contributed by atoms with E-state index in [2.05, 4.69) is 4.72 Å². The Morgan fingerprint density at radius 3 is 2.69 bits per heavy atom. The van der Waals surface area contributed by atoms with Gasteiger partial charge in [-0.25, -0.2) is 13.1 Å². The van der Waals surface area contributed by atoms with Crippen molar-refractivity contribution in [2.45, 2.75) is 6.04 Å². The summed E-state index contributed by atoms with van der Waals surface area (Å²) in [6.45, 7) is 0.336. The van der Waals surface area contributed by atoms with Crippen LogP contribution in [0.4, 0.5) is 0 Å². The molecule has 7 heteroatoms. The van der Waals surface area contributed by atoms with Crippen molar-refractivity contribution in [1.29, 1.82) is 0 Å². The summed E-state index contributed by atoms with van der Waals surface area (Å²) in [4.78, 5) is 3.10. The lowest BCUT2D eigenvalue weighted by Crippen LogP contribution is -2.34. The highest BCUT2D eigenvalue weighted by Crippen LogP contribution is 2.22. The van der Waals surface area contributed by atoms with Gasteiger partial charge in [0.1, 0.15) is 5.21 Å². The van der Waals surface area contributed by atoms with Gasteiger partial charge in [-0.15, -0.1) is 22.9 Å². The number of hydrogen-bond donors (Lipinski definition) is 1. The third kappa shape index (κ3) is 4.03. The standard InChI is InChI=1S/C9H15ClN2O2S2/c1-12(2)8(9-4-3-5-15-9)6-11-16(13,14)7-10/h3-5,8,11H,6-7H2,1-2H3. The second kappa shape index (κ2) is 5.97. The molecule has 0 aliphatic heterocycles. The van der Waals surface area contributed by atoms with Crippen molar-refractivity contribution in [2.24, 2.45) is 0 Å². The number of sulfonamides is 1. The second-order valence-electron chi connectivity index (χ2n) is 3.57. The number of hydrogen-bond acceptors (Lipinski definition) is 4. The van der Waals surface area contributed by atoms with Crippen molar-refractivity contribution >= 4 is 33.0 Å². The molecule has 0 fully saturated rings. The van der Waals surface area contributed by atoms with E-state index >= 15 is 0 Å². The summed E-state index contributed by atoms with van der Waals surface area (Å²) in [5, 5.41) is 1.57. The summed E-state index contributed by atoms with van der Waals surface area (Å²) in [5.74, 6) is 0. The Labute approximate surface area is 105 Å². The van der Waals surface area contributed by atoms with Crippen LogP contribution in [0.15, 0.2) is 17.5 Å². The van der Waals surface area contributed by atoms with Gasteiger partial charge in [0.2, 0.25) is 10.0 Å². The Morgan fingerprint density at radius 2 is 2.25 bits per heavy atom. The summed E-state index contributed by atoms with van der Waals surface area (Å²) in [6.07, 6.45) is 0. The van der Waals surface area contributed by atoms with Crippen molar-refractivity contribution in [2.75, 3.05) is 25.9 Å². The molecule has 0 aliphatic rings. The van der Waals surface area contributed by atoms with Crippen molar-refractivity contribution in [3.8, 4) is 0 Å². The molecule has 1 aromatic heterocycles. The van der Waals surface area contributed by atoms with E-state index in [1.165, 1.54) is 0 Å². The van der Waals surface area contributed by atoms with E-state index in [9.17, 15) is 8.42 Å². The Balaban J connectivity index is 2.68. The molecule has 0 spiro atoms. The predicted octanol–water partition coefficient (Wildman–Crippen LogP) is 1.47. The summed E-state index contributed by atoms with van der Waals surface area (Å²) in [6, 6.07) is 3.98. The van der Waals surface area contributed by atoms with Crippen LogP contribution in [0.1, 0.15) is 10.9 Å². The SMILES string of the molecule is CN(C)C(CNS(=O)(=O)CCl)c1cccs1.